The summed E-state index contributed by atoms with van der Waals surface area (Å²) in [6.07, 6.45) is 9.17. The number of hydrogen-bond donors (Lipinski definition) is 1. The summed E-state index contributed by atoms with van der Waals surface area (Å²) < 4.78 is 13.3. The van der Waals surface area contributed by atoms with Gasteiger partial charge in [0.1, 0.15) is 6.17 Å². The number of rotatable bonds is 12. The number of carboxylic acid groups (broad SMARTS) is 1. The Morgan fingerprint density at radius 1 is 1.00 bits per heavy atom. The number of carboxylic acids is 1. The molecule has 0 radical (unpaired) electrons. The van der Waals surface area contributed by atoms with Gasteiger partial charge in [-0.05, 0) is 19.3 Å². The Kier molecular flexibility index (Phi) is 11.5. The van der Waals surface area contributed by atoms with Gasteiger partial charge in [-0.1, -0.05) is 51.9 Å². The van der Waals surface area contributed by atoms with Gasteiger partial charge in [-0.15, -0.1) is 0 Å². The van der Waals surface area contributed by atoms with Crippen molar-refractivity contribution in [2.45, 2.75) is 83.7 Å². The number of aliphatic carboxylic acids is 1. The standard InChI is InChI=1S/C14H27FO2/c1-2-3-4-5-6-7-8-10-13(15)11-9-12-14(16)17/h13H,2-12H2,1H3,(H,16,17). The van der Waals surface area contributed by atoms with Gasteiger partial charge in [0.25, 0.3) is 0 Å². The SMILES string of the molecule is CCCCCCCCCC(F)CCCC(=O)O. The summed E-state index contributed by atoms with van der Waals surface area (Å²) in [6.45, 7) is 2.20. The predicted molar refractivity (Wildman–Crippen MR) is 69.0 cm³/mol. The van der Waals surface area contributed by atoms with E-state index < -0.39 is 12.1 Å². The molecule has 1 atom stereocenters. The van der Waals surface area contributed by atoms with Crippen LogP contribution >= 0.6 is 0 Å². The van der Waals surface area contributed by atoms with Gasteiger partial charge in [0.2, 0.25) is 0 Å². The molecule has 3 heteroatoms. The van der Waals surface area contributed by atoms with Gasteiger partial charge in [0.15, 0.2) is 0 Å². The Bertz CT molecular complexity index is 183. The highest BCUT2D eigenvalue weighted by Crippen LogP contribution is 2.14. The Morgan fingerprint density at radius 2 is 1.53 bits per heavy atom. The van der Waals surface area contributed by atoms with Crippen molar-refractivity contribution in [3.8, 4) is 0 Å². The molecule has 1 N–H and O–H groups in total. The first-order valence-electron chi connectivity index (χ1n) is 7.02. The van der Waals surface area contributed by atoms with Gasteiger partial charge >= 0.3 is 5.97 Å². The Hall–Kier alpha value is -0.600. The van der Waals surface area contributed by atoms with E-state index in [1.54, 1.807) is 0 Å². The van der Waals surface area contributed by atoms with Crippen LogP contribution in [0.2, 0.25) is 0 Å². The zero-order valence-electron chi connectivity index (χ0n) is 11.1. The number of unbranched alkanes of at least 4 members (excludes halogenated alkanes) is 6. The van der Waals surface area contributed by atoms with Gasteiger partial charge in [0.05, 0.1) is 0 Å². The Labute approximate surface area is 105 Å². The summed E-state index contributed by atoms with van der Waals surface area (Å²) in [6, 6.07) is 0. The van der Waals surface area contributed by atoms with E-state index in [2.05, 4.69) is 6.92 Å². The molecule has 0 fully saturated rings. The van der Waals surface area contributed by atoms with Crippen LogP contribution in [0.15, 0.2) is 0 Å². The van der Waals surface area contributed by atoms with E-state index in [0.717, 1.165) is 12.8 Å². The molecule has 0 aromatic rings. The highest BCUT2D eigenvalue weighted by Gasteiger charge is 2.07. The van der Waals surface area contributed by atoms with Crippen molar-refractivity contribution >= 4 is 5.97 Å². The first kappa shape index (κ1) is 16.4. The fraction of sp³-hybridized carbons (Fsp3) is 0.929. The minimum absolute atomic E-state index is 0.0947. The van der Waals surface area contributed by atoms with Crippen LogP contribution in [0.25, 0.3) is 0 Å². The van der Waals surface area contributed by atoms with Gasteiger partial charge < -0.3 is 5.11 Å². The highest BCUT2D eigenvalue weighted by atomic mass is 19.1. The van der Waals surface area contributed by atoms with E-state index in [9.17, 15) is 9.18 Å². The molecular formula is C14H27FO2. The summed E-state index contributed by atoms with van der Waals surface area (Å²) in [5.41, 5.74) is 0. The third-order valence-electron chi connectivity index (χ3n) is 3.03. The van der Waals surface area contributed by atoms with E-state index in [0.29, 0.717) is 19.3 Å². The summed E-state index contributed by atoms with van der Waals surface area (Å²) >= 11 is 0. The summed E-state index contributed by atoms with van der Waals surface area (Å²) in [5.74, 6) is -0.826. The molecule has 102 valence electrons. The average molecular weight is 246 g/mol. The van der Waals surface area contributed by atoms with Crippen molar-refractivity contribution < 1.29 is 14.3 Å². The molecule has 17 heavy (non-hydrogen) atoms. The van der Waals surface area contributed by atoms with E-state index >= 15 is 0 Å². The average Bonchev–Trinajstić information content (AvgIpc) is 2.27. The molecule has 1 unspecified atom stereocenters. The lowest BCUT2D eigenvalue weighted by Gasteiger charge is -2.07. The second-order valence-corrected chi connectivity index (χ2v) is 4.79. The molecule has 2 nitrogen and oxygen atoms in total. The Balaban J connectivity index is 3.16. The van der Waals surface area contributed by atoms with Gasteiger partial charge in [-0.2, -0.15) is 0 Å². The number of halogens is 1. The van der Waals surface area contributed by atoms with Crippen LogP contribution in [0, 0.1) is 0 Å². The molecule has 0 spiro atoms. The molecule has 0 aliphatic rings. The minimum Gasteiger partial charge on any atom is -0.481 e. The fourth-order valence-corrected chi connectivity index (χ4v) is 1.94. The number of alkyl halides is 1. The minimum atomic E-state index is -0.826. The second kappa shape index (κ2) is 11.9. The third kappa shape index (κ3) is 13.3. The Morgan fingerprint density at radius 3 is 2.12 bits per heavy atom. The van der Waals surface area contributed by atoms with Crippen molar-refractivity contribution in [2.24, 2.45) is 0 Å². The molecule has 0 amide bonds. The second-order valence-electron chi connectivity index (χ2n) is 4.79. The lowest BCUT2D eigenvalue weighted by molar-refractivity contribution is -0.137. The number of hydrogen-bond acceptors (Lipinski definition) is 1. The molecular weight excluding hydrogens is 219 g/mol. The van der Waals surface area contributed by atoms with Crippen molar-refractivity contribution in [3.05, 3.63) is 0 Å². The number of carbonyl (C=O) groups is 1. The predicted octanol–water partition coefficient (Wildman–Crippen LogP) is 4.72. The fourth-order valence-electron chi connectivity index (χ4n) is 1.94. The molecule has 0 rings (SSSR count). The monoisotopic (exact) mass is 246 g/mol. The van der Waals surface area contributed by atoms with Crippen LogP contribution in [-0.2, 0) is 4.79 Å². The highest BCUT2D eigenvalue weighted by molar-refractivity contribution is 5.66. The van der Waals surface area contributed by atoms with Crippen LogP contribution in [0.5, 0.6) is 0 Å². The first-order valence-corrected chi connectivity index (χ1v) is 7.02. The van der Waals surface area contributed by atoms with Crippen LogP contribution in [0.4, 0.5) is 4.39 Å². The van der Waals surface area contributed by atoms with Crippen LogP contribution in [-0.4, -0.2) is 17.2 Å². The molecule has 0 aliphatic heterocycles. The van der Waals surface area contributed by atoms with Crippen LogP contribution in [0.1, 0.15) is 77.6 Å². The van der Waals surface area contributed by atoms with Crippen molar-refractivity contribution in [1.82, 2.24) is 0 Å². The van der Waals surface area contributed by atoms with E-state index in [4.69, 9.17) is 5.11 Å². The topological polar surface area (TPSA) is 37.3 Å². The molecule has 0 saturated carbocycles. The van der Waals surface area contributed by atoms with Crippen LogP contribution < -0.4 is 0 Å². The normalized spacial score (nSPS) is 12.6. The molecule has 0 bridgehead atoms. The summed E-state index contributed by atoms with van der Waals surface area (Å²) in [5, 5.41) is 8.42. The van der Waals surface area contributed by atoms with Crippen molar-refractivity contribution in [1.29, 1.82) is 0 Å². The van der Waals surface area contributed by atoms with Crippen LogP contribution in [0.3, 0.4) is 0 Å². The zero-order chi connectivity index (χ0) is 12.9. The quantitative estimate of drug-likeness (QED) is 0.506. The molecule has 0 aromatic heterocycles. The maximum Gasteiger partial charge on any atom is 0.303 e. The maximum atomic E-state index is 13.3. The van der Waals surface area contributed by atoms with E-state index in [-0.39, 0.29) is 6.42 Å². The smallest absolute Gasteiger partial charge is 0.303 e. The zero-order valence-corrected chi connectivity index (χ0v) is 11.1. The van der Waals surface area contributed by atoms with Gasteiger partial charge in [-0.25, -0.2) is 4.39 Å². The largest absolute Gasteiger partial charge is 0.481 e. The molecule has 0 aromatic carbocycles. The lowest BCUT2D eigenvalue weighted by atomic mass is 10.0. The van der Waals surface area contributed by atoms with Crippen molar-refractivity contribution in [3.63, 3.8) is 0 Å². The maximum absolute atomic E-state index is 13.3. The first-order chi connectivity index (χ1) is 8.16. The van der Waals surface area contributed by atoms with Gasteiger partial charge in [-0.3, -0.25) is 4.79 Å². The summed E-state index contributed by atoms with van der Waals surface area (Å²) in [4.78, 5) is 10.2. The van der Waals surface area contributed by atoms with Crippen molar-refractivity contribution in [2.75, 3.05) is 0 Å². The van der Waals surface area contributed by atoms with Gasteiger partial charge in [0, 0.05) is 6.42 Å². The van der Waals surface area contributed by atoms with E-state index in [1.165, 1.54) is 32.1 Å². The third-order valence-corrected chi connectivity index (χ3v) is 3.03. The van der Waals surface area contributed by atoms with E-state index in [1.807, 2.05) is 0 Å². The summed E-state index contributed by atoms with van der Waals surface area (Å²) in [7, 11) is 0. The lowest BCUT2D eigenvalue weighted by Crippen LogP contribution is -2.02. The molecule has 0 heterocycles. The molecule has 0 saturated heterocycles. The molecule has 0 aliphatic carbocycles.